The molecule has 0 unspecified atom stereocenters. The molecule has 178 valence electrons. The molecule has 1 N–H and O–H groups in total. The number of pyridine rings is 2. The van der Waals surface area contributed by atoms with Crippen LogP contribution in [0, 0.1) is 24.6 Å². The molecule has 1 saturated carbocycles. The molecular weight excluding hydrogens is 443 g/mol. The quantitative estimate of drug-likeness (QED) is 0.536. The fraction of sp³-hybridized carbons (Fsp3) is 0.321. The molecule has 2 fully saturated rings. The number of amides is 1. The van der Waals surface area contributed by atoms with Gasteiger partial charge in [0.25, 0.3) is 5.91 Å². The second-order valence-corrected chi connectivity index (χ2v) is 8.91. The van der Waals surface area contributed by atoms with Crippen LogP contribution in [0.1, 0.15) is 53.0 Å². The zero-order valence-corrected chi connectivity index (χ0v) is 19.9. The lowest BCUT2D eigenvalue weighted by atomic mass is 9.99. The Hall–Kier alpha value is -3.76. The summed E-state index contributed by atoms with van der Waals surface area (Å²) in [5.41, 5.74) is 5.54. The minimum atomic E-state index is -0.481. The van der Waals surface area contributed by atoms with Gasteiger partial charge in [0.1, 0.15) is 11.5 Å². The van der Waals surface area contributed by atoms with Crippen molar-refractivity contribution in [1.29, 1.82) is 0 Å². The molecule has 3 aromatic rings. The average Bonchev–Trinajstić information content (AvgIpc) is 3.72. The third-order valence-corrected chi connectivity index (χ3v) is 6.37. The van der Waals surface area contributed by atoms with Crippen LogP contribution in [0.5, 0.6) is 0 Å². The minimum Gasteiger partial charge on any atom is -0.378 e. The maximum Gasteiger partial charge on any atom is 0.255 e. The third kappa shape index (κ3) is 5.03. The number of carbonyl (C=O) groups is 1. The Morgan fingerprint density at radius 1 is 1.17 bits per heavy atom. The van der Waals surface area contributed by atoms with Gasteiger partial charge in [0.15, 0.2) is 0 Å². The molecule has 3 heterocycles. The summed E-state index contributed by atoms with van der Waals surface area (Å²) in [6, 6.07) is 8.61. The maximum absolute atomic E-state index is 14.9. The van der Waals surface area contributed by atoms with E-state index >= 15 is 0 Å². The van der Waals surface area contributed by atoms with Crippen LogP contribution in [0.4, 0.5) is 15.8 Å². The van der Waals surface area contributed by atoms with Gasteiger partial charge in [-0.2, -0.15) is 0 Å². The minimum absolute atomic E-state index is 0.130. The van der Waals surface area contributed by atoms with Gasteiger partial charge in [-0.3, -0.25) is 9.78 Å². The molecule has 1 saturated heterocycles. The van der Waals surface area contributed by atoms with Crippen molar-refractivity contribution < 1.29 is 13.9 Å². The summed E-state index contributed by atoms with van der Waals surface area (Å²) >= 11 is 0. The van der Waals surface area contributed by atoms with Crippen molar-refractivity contribution in [3.05, 3.63) is 71.1 Å². The molecule has 1 aromatic carbocycles. The molecule has 0 atom stereocenters. The van der Waals surface area contributed by atoms with E-state index in [2.05, 4.69) is 32.0 Å². The Morgan fingerprint density at radius 3 is 2.71 bits per heavy atom. The first-order valence-electron chi connectivity index (χ1n) is 11.9. The Labute approximate surface area is 204 Å². The van der Waals surface area contributed by atoms with Gasteiger partial charge in [-0.1, -0.05) is 5.92 Å². The number of morpholine rings is 1. The predicted octanol–water partition coefficient (Wildman–Crippen LogP) is 4.93. The average molecular weight is 471 g/mol. The van der Waals surface area contributed by atoms with Gasteiger partial charge in [-0.15, -0.1) is 0 Å². The first kappa shape index (κ1) is 23.0. The topological polar surface area (TPSA) is 67.4 Å². The number of nitrogens with one attached hydrogen (secondary N) is 1. The molecule has 0 radical (unpaired) electrons. The Bertz CT molecular complexity index is 1330. The highest BCUT2D eigenvalue weighted by Gasteiger charge is 2.26. The van der Waals surface area contributed by atoms with Crippen LogP contribution >= 0.6 is 0 Å². The fourth-order valence-corrected chi connectivity index (χ4v) is 4.33. The maximum atomic E-state index is 14.9. The number of carbonyl (C=O) groups excluding carboxylic acids is 1. The lowest BCUT2D eigenvalue weighted by Gasteiger charge is -2.29. The molecule has 1 aliphatic heterocycles. The first-order chi connectivity index (χ1) is 17.0. The van der Waals surface area contributed by atoms with Crippen molar-refractivity contribution in [3.8, 4) is 23.0 Å². The second kappa shape index (κ2) is 9.85. The summed E-state index contributed by atoms with van der Waals surface area (Å²) in [5, 5.41) is 2.75. The van der Waals surface area contributed by atoms with Crippen LogP contribution in [0.2, 0.25) is 0 Å². The molecule has 0 bridgehead atoms. The first-order valence-corrected chi connectivity index (χ1v) is 11.9. The summed E-state index contributed by atoms with van der Waals surface area (Å²) in [5.74, 6) is 5.60. The van der Waals surface area contributed by atoms with Crippen molar-refractivity contribution in [3.63, 3.8) is 0 Å². The van der Waals surface area contributed by atoms with E-state index < -0.39 is 5.82 Å². The molecule has 7 heteroatoms. The summed E-state index contributed by atoms with van der Waals surface area (Å²) in [6.07, 6.45) is 5.58. The molecule has 35 heavy (non-hydrogen) atoms. The van der Waals surface area contributed by atoms with Gasteiger partial charge >= 0.3 is 0 Å². The number of anilines is 2. The molecule has 5 rings (SSSR count). The van der Waals surface area contributed by atoms with E-state index in [1.807, 2.05) is 13.0 Å². The number of halogens is 1. The predicted molar refractivity (Wildman–Crippen MR) is 134 cm³/mol. The van der Waals surface area contributed by atoms with Crippen LogP contribution in [-0.4, -0.2) is 42.2 Å². The van der Waals surface area contributed by atoms with Gasteiger partial charge in [0.05, 0.1) is 24.6 Å². The van der Waals surface area contributed by atoms with Crippen molar-refractivity contribution in [2.24, 2.45) is 0 Å². The number of benzene rings is 1. The van der Waals surface area contributed by atoms with E-state index in [4.69, 9.17) is 4.74 Å². The van der Waals surface area contributed by atoms with Crippen LogP contribution < -0.4 is 10.2 Å². The number of ether oxygens (including phenoxy) is 1. The summed E-state index contributed by atoms with van der Waals surface area (Å²) < 4.78 is 20.4. The van der Waals surface area contributed by atoms with Crippen LogP contribution in [-0.2, 0) is 4.74 Å². The number of aryl methyl sites for hydroxylation is 1. The highest BCUT2D eigenvalue weighted by Crippen LogP contribution is 2.39. The molecule has 0 spiro atoms. The van der Waals surface area contributed by atoms with Crippen LogP contribution in [0.3, 0.4) is 0 Å². The highest BCUT2D eigenvalue weighted by molar-refractivity contribution is 6.04. The van der Waals surface area contributed by atoms with E-state index in [-0.39, 0.29) is 11.6 Å². The molecule has 1 amide bonds. The van der Waals surface area contributed by atoms with Crippen molar-refractivity contribution in [2.45, 2.75) is 32.6 Å². The number of rotatable bonds is 5. The molecule has 6 nitrogen and oxygen atoms in total. The SMILES string of the molecule is CC#Cc1ncc(-c2cc(NC(=O)c3ccnc(C4CC4)c3)c(F)cc2C)cc1N1CCOCC1. The molecular formula is C28H27FN4O2. The number of aromatic nitrogens is 2. The van der Waals surface area contributed by atoms with Gasteiger partial charge in [0.2, 0.25) is 0 Å². The zero-order chi connectivity index (χ0) is 24.4. The van der Waals surface area contributed by atoms with Crippen molar-refractivity contribution in [1.82, 2.24) is 9.97 Å². The second-order valence-electron chi connectivity index (χ2n) is 8.91. The van der Waals surface area contributed by atoms with E-state index in [0.29, 0.717) is 30.4 Å². The van der Waals surface area contributed by atoms with E-state index in [1.54, 1.807) is 37.5 Å². The fourth-order valence-electron chi connectivity index (χ4n) is 4.33. The number of nitrogens with zero attached hydrogens (tertiary/aromatic N) is 3. The van der Waals surface area contributed by atoms with E-state index in [0.717, 1.165) is 54.0 Å². The summed E-state index contributed by atoms with van der Waals surface area (Å²) in [7, 11) is 0. The smallest absolute Gasteiger partial charge is 0.255 e. The third-order valence-electron chi connectivity index (χ3n) is 6.37. The molecule has 1 aliphatic carbocycles. The van der Waals surface area contributed by atoms with Gasteiger partial charge in [-0.05, 0) is 74.1 Å². The van der Waals surface area contributed by atoms with Gasteiger partial charge in [0, 0.05) is 48.2 Å². The monoisotopic (exact) mass is 470 g/mol. The van der Waals surface area contributed by atoms with Gasteiger partial charge < -0.3 is 15.0 Å². The highest BCUT2D eigenvalue weighted by atomic mass is 19.1. The largest absolute Gasteiger partial charge is 0.378 e. The van der Waals surface area contributed by atoms with Crippen molar-refractivity contribution >= 4 is 17.3 Å². The lowest BCUT2D eigenvalue weighted by Crippen LogP contribution is -2.36. The van der Waals surface area contributed by atoms with Gasteiger partial charge in [-0.25, -0.2) is 9.37 Å². The number of hydrogen-bond donors (Lipinski definition) is 1. The normalized spacial score (nSPS) is 15.3. The Kier molecular flexibility index (Phi) is 6.47. The number of hydrogen-bond acceptors (Lipinski definition) is 5. The Morgan fingerprint density at radius 2 is 1.97 bits per heavy atom. The summed E-state index contributed by atoms with van der Waals surface area (Å²) in [4.78, 5) is 24.1. The zero-order valence-electron chi connectivity index (χ0n) is 19.9. The van der Waals surface area contributed by atoms with Crippen LogP contribution in [0.25, 0.3) is 11.1 Å². The molecule has 2 aromatic heterocycles. The Balaban J connectivity index is 1.47. The standard InChI is InChI=1S/C28H27FN4O2/c1-3-4-24-27(33-9-11-35-12-10-33)15-21(17-31-24)22-16-26(23(29)13-18(22)2)32-28(34)20-7-8-30-25(14-20)19-5-6-19/h7-8,13-17,19H,5-6,9-12H2,1-2H3,(H,32,34). The van der Waals surface area contributed by atoms with Crippen molar-refractivity contribution in [2.75, 3.05) is 36.5 Å². The van der Waals surface area contributed by atoms with Crippen LogP contribution in [0.15, 0.2) is 42.7 Å². The van der Waals surface area contributed by atoms with E-state index in [9.17, 15) is 9.18 Å². The van der Waals surface area contributed by atoms with E-state index in [1.165, 1.54) is 6.07 Å². The summed E-state index contributed by atoms with van der Waals surface area (Å²) in [6.45, 7) is 6.43. The lowest BCUT2D eigenvalue weighted by molar-refractivity contribution is 0.102. The molecule has 2 aliphatic rings.